The molecule has 1 aromatic heterocycles. The summed E-state index contributed by atoms with van der Waals surface area (Å²) >= 11 is 3.08. The average Bonchev–Trinajstić information content (AvgIpc) is 2.71. The maximum absolute atomic E-state index is 14.2. The van der Waals surface area contributed by atoms with E-state index in [1.54, 1.807) is 25.0 Å². The van der Waals surface area contributed by atoms with Gasteiger partial charge in [-0.1, -0.05) is 0 Å². The Labute approximate surface area is 118 Å². The van der Waals surface area contributed by atoms with E-state index in [0.29, 0.717) is 0 Å². The molecule has 0 aliphatic heterocycles. The molecule has 1 atom stereocenters. The molecule has 0 radical (unpaired) electrons. The van der Waals surface area contributed by atoms with Crippen LogP contribution in [0.5, 0.6) is 0 Å². The number of halogens is 3. The highest BCUT2D eigenvalue weighted by atomic mass is 79.9. The lowest BCUT2D eigenvalue weighted by Gasteiger charge is -2.18. The van der Waals surface area contributed by atoms with Crippen LogP contribution in [0, 0.1) is 18.6 Å². The highest BCUT2D eigenvalue weighted by molar-refractivity contribution is 9.10. The third-order valence-electron chi connectivity index (χ3n) is 3.24. The van der Waals surface area contributed by atoms with E-state index in [1.165, 1.54) is 12.1 Å². The summed E-state index contributed by atoms with van der Waals surface area (Å²) in [7, 11) is 3.45. The summed E-state index contributed by atoms with van der Waals surface area (Å²) in [6, 6.07) is 2.03. The van der Waals surface area contributed by atoms with Crippen LogP contribution in [-0.2, 0) is 7.05 Å². The number of nitrogens with one attached hydrogen (secondary N) is 1. The number of benzene rings is 1. The molecule has 1 N–H and O–H groups in total. The summed E-state index contributed by atoms with van der Waals surface area (Å²) in [5.41, 5.74) is 1.60. The molecule has 0 bridgehead atoms. The van der Waals surface area contributed by atoms with Gasteiger partial charge in [-0.3, -0.25) is 4.68 Å². The van der Waals surface area contributed by atoms with Crippen molar-refractivity contribution in [2.75, 3.05) is 7.05 Å². The van der Waals surface area contributed by atoms with E-state index in [1.807, 2.05) is 6.92 Å². The molecule has 2 aromatic rings. The Morgan fingerprint density at radius 2 is 2.05 bits per heavy atom. The lowest BCUT2D eigenvalue weighted by molar-refractivity contribution is 0.517. The third-order valence-corrected chi connectivity index (χ3v) is 3.85. The monoisotopic (exact) mass is 329 g/mol. The molecule has 19 heavy (non-hydrogen) atoms. The predicted molar refractivity (Wildman–Crippen MR) is 72.9 cm³/mol. The molecular weight excluding hydrogens is 316 g/mol. The van der Waals surface area contributed by atoms with Crippen molar-refractivity contribution in [1.82, 2.24) is 15.1 Å². The van der Waals surface area contributed by atoms with Crippen molar-refractivity contribution in [3.05, 3.63) is 51.3 Å². The van der Waals surface area contributed by atoms with Crippen LogP contribution in [0.3, 0.4) is 0 Å². The summed E-state index contributed by atoms with van der Waals surface area (Å²) in [5, 5.41) is 7.06. The van der Waals surface area contributed by atoms with Gasteiger partial charge in [-0.05, 0) is 42.0 Å². The third kappa shape index (κ3) is 2.42. The molecule has 6 heteroatoms. The van der Waals surface area contributed by atoms with Crippen molar-refractivity contribution in [2.45, 2.75) is 13.0 Å². The van der Waals surface area contributed by atoms with Crippen LogP contribution in [0.15, 0.2) is 22.8 Å². The van der Waals surface area contributed by atoms with Gasteiger partial charge in [-0.25, -0.2) is 8.78 Å². The molecule has 102 valence electrons. The van der Waals surface area contributed by atoms with Crippen LogP contribution in [0.25, 0.3) is 0 Å². The van der Waals surface area contributed by atoms with Gasteiger partial charge in [-0.2, -0.15) is 5.10 Å². The Morgan fingerprint density at radius 1 is 1.37 bits per heavy atom. The second-order valence-corrected chi connectivity index (χ2v) is 5.14. The second-order valence-electron chi connectivity index (χ2n) is 4.29. The normalized spacial score (nSPS) is 12.7. The first-order valence-corrected chi connectivity index (χ1v) is 6.55. The Hall–Kier alpha value is -1.27. The van der Waals surface area contributed by atoms with E-state index in [9.17, 15) is 8.78 Å². The van der Waals surface area contributed by atoms with Crippen molar-refractivity contribution in [3.63, 3.8) is 0 Å². The van der Waals surface area contributed by atoms with Crippen molar-refractivity contribution in [2.24, 2.45) is 7.05 Å². The number of hydrogen-bond donors (Lipinski definition) is 1. The first kappa shape index (κ1) is 14.1. The minimum Gasteiger partial charge on any atom is -0.309 e. The zero-order valence-electron chi connectivity index (χ0n) is 10.8. The number of aryl methyl sites for hydroxylation is 1. The first-order valence-electron chi connectivity index (χ1n) is 5.76. The zero-order chi connectivity index (χ0) is 14.2. The Kier molecular flexibility index (Phi) is 4.01. The number of aromatic nitrogens is 2. The highest BCUT2D eigenvalue weighted by Crippen LogP contribution is 2.31. The number of hydrogen-bond acceptors (Lipinski definition) is 2. The summed E-state index contributed by atoms with van der Waals surface area (Å²) in [6.07, 6.45) is 1.62. The van der Waals surface area contributed by atoms with Gasteiger partial charge in [0.25, 0.3) is 0 Å². The van der Waals surface area contributed by atoms with Crippen LogP contribution in [0.2, 0.25) is 0 Å². The SMILES string of the molecule is CNC(c1cnn(C)c1C)c1c(F)ccc(Br)c1F. The van der Waals surface area contributed by atoms with E-state index in [2.05, 4.69) is 26.3 Å². The van der Waals surface area contributed by atoms with Crippen molar-refractivity contribution in [1.29, 1.82) is 0 Å². The average molecular weight is 330 g/mol. The molecule has 0 saturated heterocycles. The maximum atomic E-state index is 14.2. The smallest absolute Gasteiger partial charge is 0.145 e. The van der Waals surface area contributed by atoms with Gasteiger partial charge >= 0.3 is 0 Å². The van der Waals surface area contributed by atoms with Gasteiger partial charge in [0, 0.05) is 23.9 Å². The van der Waals surface area contributed by atoms with Crippen molar-refractivity contribution >= 4 is 15.9 Å². The summed E-state index contributed by atoms with van der Waals surface area (Å²) in [5.74, 6) is -1.18. The second kappa shape index (κ2) is 5.38. The summed E-state index contributed by atoms with van der Waals surface area (Å²) in [6.45, 7) is 1.86. The number of nitrogens with zero attached hydrogens (tertiary/aromatic N) is 2. The summed E-state index contributed by atoms with van der Waals surface area (Å²) < 4.78 is 30.0. The summed E-state index contributed by atoms with van der Waals surface area (Å²) in [4.78, 5) is 0. The maximum Gasteiger partial charge on any atom is 0.145 e. The van der Waals surface area contributed by atoms with Gasteiger partial charge in [0.1, 0.15) is 11.6 Å². The fourth-order valence-corrected chi connectivity index (χ4v) is 2.41. The van der Waals surface area contributed by atoms with Gasteiger partial charge in [0.2, 0.25) is 0 Å². The van der Waals surface area contributed by atoms with Crippen molar-refractivity contribution < 1.29 is 8.78 Å². The lowest BCUT2D eigenvalue weighted by atomic mass is 9.98. The number of rotatable bonds is 3. The van der Waals surface area contributed by atoms with Crippen LogP contribution in [0.4, 0.5) is 8.78 Å². The molecule has 0 fully saturated rings. The molecule has 1 heterocycles. The Bertz CT molecular complexity index is 610. The molecule has 0 saturated carbocycles. The minimum atomic E-state index is -0.595. The molecule has 3 nitrogen and oxygen atoms in total. The predicted octanol–water partition coefficient (Wildman–Crippen LogP) is 3.08. The Morgan fingerprint density at radius 3 is 2.58 bits per heavy atom. The lowest BCUT2D eigenvalue weighted by Crippen LogP contribution is -2.21. The van der Waals surface area contributed by atoms with Gasteiger partial charge in [-0.15, -0.1) is 0 Å². The fourth-order valence-electron chi connectivity index (χ4n) is 2.06. The van der Waals surface area contributed by atoms with E-state index in [0.717, 1.165) is 11.3 Å². The zero-order valence-corrected chi connectivity index (χ0v) is 12.4. The van der Waals surface area contributed by atoms with Crippen LogP contribution >= 0.6 is 15.9 Å². The fraction of sp³-hybridized carbons (Fsp3) is 0.308. The standard InChI is InChI=1S/C13H14BrF2N3/c1-7-8(6-18-19(7)3)13(17-2)11-10(15)5-4-9(14)12(11)16/h4-6,13,17H,1-3H3. The molecule has 0 spiro atoms. The van der Waals surface area contributed by atoms with Crippen molar-refractivity contribution in [3.8, 4) is 0 Å². The molecule has 0 aliphatic rings. The van der Waals surface area contributed by atoms with E-state index in [-0.39, 0.29) is 10.0 Å². The van der Waals surface area contributed by atoms with E-state index < -0.39 is 17.7 Å². The van der Waals surface area contributed by atoms with Gasteiger partial charge in [0.05, 0.1) is 16.7 Å². The topological polar surface area (TPSA) is 29.9 Å². The van der Waals surface area contributed by atoms with Crippen LogP contribution in [-0.4, -0.2) is 16.8 Å². The molecule has 1 aromatic carbocycles. The molecule has 0 aliphatic carbocycles. The molecule has 2 rings (SSSR count). The Balaban J connectivity index is 2.61. The van der Waals surface area contributed by atoms with E-state index in [4.69, 9.17) is 0 Å². The van der Waals surface area contributed by atoms with Gasteiger partial charge < -0.3 is 5.32 Å². The first-order chi connectivity index (χ1) is 8.97. The quantitative estimate of drug-likeness (QED) is 0.877. The minimum absolute atomic E-state index is 0.00650. The van der Waals surface area contributed by atoms with E-state index >= 15 is 0 Å². The van der Waals surface area contributed by atoms with Crippen LogP contribution in [0.1, 0.15) is 22.9 Å². The van der Waals surface area contributed by atoms with Gasteiger partial charge in [0.15, 0.2) is 0 Å². The van der Waals surface area contributed by atoms with Crippen LogP contribution < -0.4 is 5.32 Å². The molecular formula is C13H14BrF2N3. The molecule has 1 unspecified atom stereocenters. The highest BCUT2D eigenvalue weighted by Gasteiger charge is 2.25. The largest absolute Gasteiger partial charge is 0.309 e. The molecule has 0 amide bonds.